The predicted octanol–water partition coefficient (Wildman–Crippen LogP) is 2.89. The van der Waals surface area contributed by atoms with Gasteiger partial charge in [0.05, 0.1) is 25.5 Å². The molecule has 2 aromatic carbocycles. The fourth-order valence-electron chi connectivity index (χ4n) is 3.56. The second kappa shape index (κ2) is 9.55. The lowest BCUT2D eigenvalue weighted by Gasteiger charge is -2.42. The minimum absolute atomic E-state index is 0.0487. The molecule has 0 aliphatic carbocycles. The van der Waals surface area contributed by atoms with Gasteiger partial charge in [-0.15, -0.1) is 0 Å². The van der Waals surface area contributed by atoms with Crippen molar-refractivity contribution in [1.29, 1.82) is 0 Å². The fourth-order valence-corrected chi connectivity index (χ4v) is 3.56. The first-order valence-corrected chi connectivity index (χ1v) is 10.0. The van der Waals surface area contributed by atoms with E-state index in [1.807, 2.05) is 30.3 Å². The minimum atomic E-state index is -1.58. The number of hydrogen-bond donors (Lipinski definition) is 2. The Morgan fingerprint density at radius 3 is 2.55 bits per heavy atom. The molecule has 0 aromatic heterocycles. The van der Waals surface area contributed by atoms with Crippen molar-refractivity contribution < 1.29 is 36.9 Å². The van der Waals surface area contributed by atoms with Crippen molar-refractivity contribution in [3.05, 3.63) is 89.1 Å². The molecule has 0 radical (unpaired) electrons. The number of hydrogen-bond acceptors (Lipinski definition) is 7. The topological polar surface area (TPSA) is 92.0 Å². The Hall–Kier alpha value is -3.50. The number of nitrogens with one attached hydrogen (secondary N) is 1. The van der Waals surface area contributed by atoms with Gasteiger partial charge in [-0.3, -0.25) is 0 Å². The molecule has 10 heteroatoms. The lowest BCUT2D eigenvalue weighted by Crippen LogP contribution is -2.54. The molecule has 2 heterocycles. The minimum Gasteiger partial charge on any atom is -0.478 e. The van der Waals surface area contributed by atoms with E-state index in [4.69, 9.17) is 24.7 Å². The molecule has 2 aliphatic heterocycles. The zero-order chi connectivity index (χ0) is 23.5. The van der Waals surface area contributed by atoms with Gasteiger partial charge in [0.1, 0.15) is 6.10 Å². The van der Waals surface area contributed by atoms with Crippen LogP contribution in [0.25, 0.3) is 5.70 Å². The fraction of sp³-hybridized carbons (Fsp3) is 0.261. The van der Waals surface area contributed by atoms with E-state index in [1.54, 1.807) is 0 Å². The van der Waals surface area contributed by atoms with Crippen molar-refractivity contribution in [2.45, 2.75) is 24.5 Å². The van der Waals surface area contributed by atoms with Crippen molar-refractivity contribution in [2.24, 2.45) is 5.73 Å². The molecule has 4 atom stereocenters. The highest BCUT2D eigenvalue weighted by atomic mass is 19.2. The average molecular weight is 462 g/mol. The number of rotatable bonds is 5. The summed E-state index contributed by atoms with van der Waals surface area (Å²) in [4.78, 5) is 12.1. The molecule has 4 rings (SSSR count). The van der Waals surface area contributed by atoms with E-state index in [1.165, 1.54) is 19.4 Å². The lowest BCUT2D eigenvalue weighted by atomic mass is 10.00. The zero-order valence-electron chi connectivity index (χ0n) is 17.5. The third-order valence-electron chi connectivity index (χ3n) is 5.23. The maximum Gasteiger partial charge on any atom is 0.373 e. The first kappa shape index (κ1) is 22.7. The summed E-state index contributed by atoms with van der Waals surface area (Å²) in [5.74, 6) is -5.05. The molecule has 33 heavy (non-hydrogen) atoms. The smallest absolute Gasteiger partial charge is 0.373 e. The van der Waals surface area contributed by atoms with Gasteiger partial charge < -0.3 is 30.0 Å². The molecule has 2 aromatic rings. The van der Waals surface area contributed by atoms with E-state index < -0.39 is 48.0 Å². The molecule has 0 bridgehead atoms. The van der Waals surface area contributed by atoms with Crippen LogP contribution in [0.2, 0.25) is 0 Å². The third kappa shape index (κ3) is 4.81. The molecule has 2 aliphatic rings. The molecule has 3 N–H and O–H groups in total. The van der Waals surface area contributed by atoms with Crippen LogP contribution in [0.15, 0.2) is 60.5 Å². The van der Waals surface area contributed by atoms with Gasteiger partial charge >= 0.3 is 5.97 Å². The van der Waals surface area contributed by atoms with Crippen LogP contribution in [0.1, 0.15) is 17.4 Å². The number of methoxy groups -OCH3 is 1. The average Bonchev–Trinajstić information content (AvgIpc) is 2.84. The summed E-state index contributed by atoms with van der Waals surface area (Å²) in [5.41, 5.74) is 6.62. The maximum atomic E-state index is 13.6. The van der Waals surface area contributed by atoms with Crippen LogP contribution >= 0.6 is 0 Å². The lowest BCUT2D eigenvalue weighted by molar-refractivity contribution is -0.267. The number of carbonyl (C=O) groups excluding carboxylic acids is 1. The summed E-state index contributed by atoms with van der Waals surface area (Å²) in [6.07, 6.45) is 0.840. The third-order valence-corrected chi connectivity index (χ3v) is 5.23. The Balaban J connectivity index is 1.59. The van der Waals surface area contributed by atoms with E-state index in [2.05, 4.69) is 5.32 Å². The van der Waals surface area contributed by atoms with E-state index >= 15 is 0 Å². The normalized spacial score (nSPS) is 24.8. The maximum absolute atomic E-state index is 13.6. The highest BCUT2D eigenvalue weighted by molar-refractivity contribution is 5.86. The zero-order valence-corrected chi connectivity index (χ0v) is 17.5. The Morgan fingerprint density at radius 1 is 1.18 bits per heavy atom. The molecule has 174 valence electrons. The van der Waals surface area contributed by atoms with Crippen LogP contribution in [0.5, 0.6) is 0 Å². The van der Waals surface area contributed by atoms with Gasteiger partial charge in [0.25, 0.3) is 0 Å². The van der Waals surface area contributed by atoms with E-state index in [-0.39, 0.29) is 23.6 Å². The number of nitrogens with two attached hydrogens (primary N) is 1. The summed E-state index contributed by atoms with van der Waals surface area (Å²) < 4.78 is 62.7. The van der Waals surface area contributed by atoms with Crippen LogP contribution in [0.4, 0.5) is 13.2 Å². The number of carbonyl (C=O) groups is 1. The van der Waals surface area contributed by atoms with Crippen LogP contribution in [0, 0.1) is 17.5 Å². The molecule has 1 fully saturated rings. The van der Waals surface area contributed by atoms with Crippen molar-refractivity contribution in [1.82, 2.24) is 5.32 Å². The van der Waals surface area contributed by atoms with Gasteiger partial charge in [-0.2, -0.15) is 0 Å². The molecule has 0 saturated carbocycles. The van der Waals surface area contributed by atoms with Gasteiger partial charge in [-0.25, -0.2) is 18.0 Å². The second-order valence-electron chi connectivity index (χ2n) is 7.40. The summed E-state index contributed by atoms with van der Waals surface area (Å²) >= 11 is 0. The van der Waals surface area contributed by atoms with Crippen molar-refractivity contribution >= 4 is 11.7 Å². The van der Waals surface area contributed by atoms with Gasteiger partial charge in [0.15, 0.2) is 29.8 Å². The van der Waals surface area contributed by atoms with Gasteiger partial charge in [-0.05, 0) is 18.2 Å². The largest absolute Gasteiger partial charge is 0.478 e. The van der Waals surface area contributed by atoms with Crippen LogP contribution in [-0.2, 0) is 23.7 Å². The highest BCUT2D eigenvalue weighted by Crippen LogP contribution is 2.33. The predicted molar refractivity (Wildman–Crippen MR) is 110 cm³/mol. The molecule has 4 unspecified atom stereocenters. The number of halogens is 3. The number of fused-ring (bicyclic) bond motifs is 1. The first-order chi connectivity index (χ1) is 15.9. The second-order valence-corrected chi connectivity index (χ2v) is 7.40. The molecule has 7 nitrogen and oxygen atoms in total. The Kier molecular flexibility index (Phi) is 6.57. The summed E-state index contributed by atoms with van der Waals surface area (Å²) in [5, 5.41) is 2.98. The summed E-state index contributed by atoms with van der Waals surface area (Å²) in [7, 11) is 1.22. The monoisotopic (exact) mass is 462 g/mol. The van der Waals surface area contributed by atoms with Crippen molar-refractivity contribution in [3.63, 3.8) is 0 Å². The van der Waals surface area contributed by atoms with E-state index in [9.17, 15) is 18.0 Å². The molecule has 0 spiro atoms. The summed E-state index contributed by atoms with van der Waals surface area (Å²) in [6, 6.07) is 10.2. The molecular formula is C23H21F3N2O5. The molecule has 1 saturated heterocycles. The number of benzene rings is 2. The highest BCUT2D eigenvalue weighted by Gasteiger charge is 2.43. The van der Waals surface area contributed by atoms with E-state index in [0.717, 1.165) is 17.7 Å². The van der Waals surface area contributed by atoms with E-state index in [0.29, 0.717) is 0 Å². The van der Waals surface area contributed by atoms with Gasteiger partial charge in [0, 0.05) is 17.3 Å². The van der Waals surface area contributed by atoms with Crippen LogP contribution < -0.4 is 11.1 Å². The Labute approximate surface area is 187 Å². The Bertz CT molecular complexity index is 1070. The number of ether oxygens (including phenoxy) is 4. The summed E-state index contributed by atoms with van der Waals surface area (Å²) in [6.45, 7) is 0.129. The van der Waals surface area contributed by atoms with Crippen molar-refractivity contribution in [2.75, 3.05) is 13.7 Å². The standard InChI is InChI=1S/C23H21F3N2O5/c1-30-22(29)18-9-17(28-10-16(27)13-7-14(24)20(26)15(25)8-13)21-19(32-18)11-31-23(33-21)12-5-3-2-4-6-12/h2-10,17,19,21,23,28H,11,27H2,1H3/b16-10-. The van der Waals surface area contributed by atoms with Crippen molar-refractivity contribution in [3.8, 4) is 0 Å². The molecule has 0 amide bonds. The van der Waals surface area contributed by atoms with Gasteiger partial charge in [0.2, 0.25) is 5.76 Å². The van der Waals surface area contributed by atoms with Gasteiger partial charge in [-0.1, -0.05) is 30.3 Å². The SMILES string of the molecule is COC(=O)C1=CC(N/C=C(\N)c2cc(F)c(F)c(F)c2)C2OC(c3ccccc3)OCC2O1. The van der Waals surface area contributed by atoms with Crippen LogP contribution in [-0.4, -0.2) is 37.9 Å². The number of esters is 1. The van der Waals surface area contributed by atoms with Crippen LogP contribution in [0.3, 0.4) is 0 Å². The first-order valence-electron chi connectivity index (χ1n) is 10.0. The quantitative estimate of drug-likeness (QED) is 0.522. The Morgan fingerprint density at radius 2 is 1.88 bits per heavy atom. The molecular weight excluding hydrogens is 441 g/mol.